The number of hydrogen-bond acceptors (Lipinski definition) is 4. The fraction of sp³-hybridized carbons (Fsp3) is 0.333. The number of amides is 1. The second-order valence-corrected chi connectivity index (χ2v) is 6.73. The number of carbonyl (C=O) groups is 1. The number of aromatic nitrogens is 4. The summed E-state index contributed by atoms with van der Waals surface area (Å²) in [5.41, 5.74) is 0.955. The third-order valence-corrected chi connectivity index (χ3v) is 4.62. The molecular weight excluding hydrogens is 356 g/mol. The molecule has 140 valence electrons. The zero-order valence-corrected chi connectivity index (χ0v) is 14.5. The summed E-state index contributed by atoms with van der Waals surface area (Å²) in [6, 6.07) is 2.87. The first-order valence-electron chi connectivity index (χ1n) is 8.62. The third-order valence-electron chi connectivity index (χ3n) is 4.62. The average Bonchev–Trinajstić information content (AvgIpc) is 3.44. The fourth-order valence-electron chi connectivity index (χ4n) is 2.94. The standard InChI is InChI=1S/C18H17F2N5O2/c1-10(12-4-5-14(19)15(20)6-12)22-16(26)9-25-18(27)24-8-13(11-2-3-11)7-21-17(24)23-25/h4-8,10-11H,2-3,9H2,1H3,(H,22,26)/t10-/m0/s1. The van der Waals surface area contributed by atoms with Crippen molar-refractivity contribution in [1.82, 2.24) is 24.5 Å². The second-order valence-electron chi connectivity index (χ2n) is 6.73. The van der Waals surface area contributed by atoms with E-state index in [1.54, 1.807) is 19.3 Å². The van der Waals surface area contributed by atoms with Crippen LogP contribution in [0.15, 0.2) is 35.4 Å². The summed E-state index contributed by atoms with van der Waals surface area (Å²) in [7, 11) is 0. The summed E-state index contributed by atoms with van der Waals surface area (Å²) < 4.78 is 28.7. The molecule has 0 radical (unpaired) electrons. The summed E-state index contributed by atoms with van der Waals surface area (Å²) >= 11 is 0. The van der Waals surface area contributed by atoms with Crippen LogP contribution in [0.3, 0.4) is 0 Å². The van der Waals surface area contributed by atoms with E-state index in [1.165, 1.54) is 10.5 Å². The molecule has 0 unspecified atom stereocenters. The van der Waals surface area contributed by atoms with Crippen molar-refractivity contribution in [3.05, 3.63) is 63.8 Å². The monoisotopic (exact) mass is 373 g/mol. The first-order valence-corrected chi connectivity index (χ1v) is 8.62. The molecule has 27 heavy (non-hydrogen) atoms. The summed E-state index contributed by atoms with van der Waals surface area (Å²) in [6.45, 7) is 1.34. The van der Waals surface area contributed by atoms with Crippen molar-refractivity contribution in [1.29, 1.82) is 0 Å². The molecule has 1 fully saturated rings. The minimum Gasteiger partial charge on any atom is -0.348 e. The van der Waals surface area contributed by atoms with Crippen LogP contribution in [-0.2, 0) is 11.3 Å². The molecule has 3 aromatic rings. The Morgan fingerprint density at radius 2 is 2.11 bits per heavy atom. The van der Waals surface area contributed by atoms with Crippen molar-refractivity contribution < 1.29 is 13.6 Å². The van der Waals surface area contributed by atoms with Gasteiger partial charge < -0.3 is 5.32 Å². The van der Waals surface area contributed by atoms with Crippen molar-refractivity contribution in [3.8, 4) is 0 Å². The number of fused-ring (bicyclic) bond motifs is 1. The lowest BCUT2D eigenvalue weighted by molar-refractivity contribution is -0.122. The molecule has 1 atom stereocenters. The van der Waals surface area contributed by atoms with Gasteiger partial charge in [-0.2, -0.15) is 0 Å². The molecule has 1 aromatic carbocycles. The first kappa shape index (κ1) is 17.3. The Bertz CT molecular complexity index is 1090. The number of nitrogens with zero attached hydrogens (tertiary/aromatic N) is 4. The number of rotatable bonds is 5. The molecule has 7 nitrogen and oxygen atoms in total. The highest BCUT2D eigenvalue weighted by Gasteiger charge is 2.25. The third kappa shape index (κ3) is 3.44. The van der Waals surface area contributed by atoms with Crippen LogP contribution in [0.1, 0.15) is 42.9 Å². The van der Waals surface area contributed by atoms with E-state index in [-0.39, 0.29) is 12.3 Å². The average molecular weight is 373 g/mol. The van der Waals surface area contributed by atoms with Gasteiger partial charge in [-0.25, -0.2) is 27.6 Å². The van der Waals surface area contributed by atoms with Gasteiger partial charge in [-0.05, 0) is 48.9 Å². The van der Waals surface area contributed by atoms with Gasteiger partial charge in [-0.3, -0.25) is 4.79 Å². The molecule has 1 aliphatic rings. The van der Waals surface area contributed by atoms with Crippen LogP contribution < -0.4 is 11.0 Å². The Balaban J connectivity index is 1.49. The number of benzene rings is 1. The van der Waals surface area contributed by atoms with Crippen LogP contribution in [0, 0.1) is 11.6 Å². The van der Waals surface area contributed by atoms with Crippen LogP contribution >= 0.6 is 0 Å². The molecule has 0 spiro atoms. The molecule has 1 N–H and O–H groups in total. The van der Waals surface area contributed by atoms with E-state index in [9.17, 15) is 18.4 Å². The van der Waals surface area contributed by atoms with Gasteiger partial charge >= 0.3 is 5.69 Å². The van der Waals surface area contributed by atoms with Gasteiger partial charge in [0, 0.05) is 12.4 Å². The summed E-state index contributed by atoms with van der Waals surface area (Å²) in [6.07, 6.45) is 5.59. The summed E-state index contributed by atoms with van der Waals surface area (Å²) in [5.74, 6) is -1.74. The lowest BCUT2D eigenvalue weighted by Gasteiger charge is -2.14. The van der Waals surface area contributed by atoms with E-state index < -0.39 is 29.3 Å². The SMILES string of the molecule is C[C@H](NC(=O)Cn1nc2ncc(C3CC3)cn2c1=O)c1ccc(F)c(F)c1. The van der Waals surface area contributed by atoms with Crippen LogP contribution in [0.2, 0.25) is 0 Å². The van der Waals surface area contributed by atoms with Crippen molar-refractivity contribution in [2.75, 3.05) is 0 Å². The lowest BCUT2D eigenvalue weighted by atomic mass is 10.1. The van der Waals surface area contributed by atoms with Gasteiger partial charge in [0.25, 0.3) is 5.78 Å². The molecule has 2 heterocycles. The molecule has 4 rings (SSSR count). The number of nitrogens with one attached hydrogen (secondary N) is 1. The van der Waals surface area contributed by atoms with Gasteiger partial charge in [0.05, 0.1) is 6.04 Å². The molecule has 9 heteroatoms. The highest BCUT2D eigenvalue weighted by Crippen LogP contribution is 2.39. The van der Waals surface area contributed by atoms with Gasteiger partial charge in [0.2, 0.25) is 5.91 Å². The maximum Gasteiger partial charge on any atom is 0.352 e. The highest BCUT2D eigenvalue weighted by molar-refractivity contribution is 5.76. The Hall–Kier alpha value is -3.10. The Kier molecular flexibility index (Phi) is 4.21. The van der Waals surface area contributed by atoms with E-state index in [1.807, 2.05) is 0 Å². The summed E-state index contributed by atoms with van der Waals surface area (Å²) in [5, 5.41) is 6.71. The van der Waals surface area contributed by atoms with Crippen LogP contribution in [-0.4, -0.2) is 25.1 Å². The maximum atomic E-state index is 13.3. The Morgan fingerprint density at radius 1 is 1.33 bits per heavy atom. The first-order chi connectivity index (χ1) is 12.9. The minimum atomic E-state index is -0.984. The van der Waals surface area contributed by atoms with Crippen molar-refractivity contribution >= 4 is 11.7 Å². The van der Waals surface area contributed by atoms with Crippen molar-refractivity contribution in [3.63, 3.8) is 0 Å². The number of hydrogen-bond donors (Lipinski definition) is 1. The van der Waals surface area contributed by atoms with Crippen molar-refractivity contribution in [2.45, 2.75) is 38.3 Å². The van der Waals surface area contributed by atoms with Gasteiger partial charge in [0.1, 0.15) is 6.54 Å². The zero-order valence-electron chi connectivity index (χ0n) is 14.5. The Morgan fingerprint density at radius 3 is 2.81 bits per heavy atom. The van der Waals surface area contributed by atoms with Gasteiger partial charge in [-0.15, -0.1) is 5.10 Å². The predicted octanol–water partition coefficient (Wildman–Crippen LogP) is 1.92. The minimum absolute atomic E-state index is 0.228. The molecule has 0 bridgehead atoms. The highest BCUT2D eigenvalue weighted by atomic mass is 19.2. The predicted molar refractivity (Wildman–Crippen MR) is 92.1 cm³/mol. The molecule has 0 saturated heterocycles. The van der Waals surface area contributed by atoms with Gasteiger partial charge in [-0.1, -0.05) is 6.07 Å². The number of halogens is 2. The lowest BCUT2D eigenvalue weighted by Crippen LogP contribution is -2.34. The molecular formula is C18H17F2N5O2. The topological polar surface area (TPSA) is 81.3 Å². The van der Waals surface area contributed by atoms with Crippen molar-refractivity contribution in [2.24, 2.45) is 0 Å². The van der Waals surface area contributed by atoms with E-state index in [0.29, 0.717) is 11.5 Å². The van der Waals surface area contributed by atoms with Crippen LogP contribution in [0.25, 0.3) is 5.78 Å². The molecule has 2 aromatic heterocycles. The fourth-order valence-corrected chi connectivity index (χ4v) is 2.94. The van der Waals surface area contributed by atoms with E-state index in [2.05, 4.69) is 15.4 Å². The molecule has 1 aliphatic carbocycles. The molecule has 0 aliphatic heterocycles. The smallest absolute Gasteiger partial charge is 0.348 e. The van der Waals surface area contributed by atoms with E-state index in [4.69, 9.17) is 0 Å². The van der Waals surface area contributed by atoms with Gasteiger partial charge in [0.15, 0.2) is 11.6 Å². The second kappa shape index (κ2) is 6.57. The molecule has 1 amide bonds. The van der Waals surface area contributed by atoms with E-state index in [0.717, 1.165) is 35.2 Å². The quantitative estimate of drug-likeness (QED) is 0.741. The van der Waals surface area contributed by atoms with Crippen LogP contribution in [0.4, 0.5) is 8.78 Å². The van der Waals surface area contributed by atoms with E-state index >= 15 is 0 Å². The summed E-state index contributed by atoms with van der Waals surface area (Å²) in [4.78, 5) is 28.9. The maximum absolute atomic E-state index is 13.3. The zero-order chi connectivity index (χ0) is 19.1. The molecule has 1 saturated carbocycles. The Labute approximate surface area is 152 Å². The largest absolute Gasteiger partial charge is 0.352 e. The van der Waals surface area contributed by atoms with Crippen LogP contribution in [0.5, 0.6) is 0 Å². The normalized spacial score (nSPS) is 15.1. The number of carbonyl (C=O) groups excluding carboxylic acids is 1.